The first-order valence-corrected chi connectivity index (χ1v) is 18.0. The van der Waals surface area contributed by atoms with Gasteiger partial charge in [0.25, 0.3) is 0 Å². The zero-order chi connectivity index (χ0) is 36.5. The Bertz CT molecular complexity index is 2080. The van der Waals surface area contributed by atoms with E-state index in [4.69, 9.17) is 0 Å². The second-order valence-electron chi connectivity index (χ2n) is 13.7. The molecule has 6 heteroatoms. The van der Waals surface area contributed by atoms with E-state index in [0.717, 1.165) is 52.4 Å². The van der Waals surface area contributed by atoms with Crippen molar-refractivity contribution in [3.8, 4) is 33.8 Å². The van der Waals surface area contributed by atoms with Crippen LogP contribution in [0.2, 0.25) is 0 Å². The molecule has 0 heterocycles. The summed E-state index contributed by atoms with van der Waals surface area (Å²) in [6.07, 6.45) is -2.63. The van der Waals surface area contributed by atoms with E-state index in [1.165, 1.54) is 11.1 Å². The van der Waals surface area contributed by atoms with E-state index in [1.54, 1.807) is 24.3 Å². The van der Waals surface area contributed by atoms with Crippen molar-refractivity contribution in [1.29, 1.82) is 0 Å². The molecule has 7 rings (SSSR count). The van der Waals surface area contributed by atoms with Crippen LogP contribution in [-0.2, 0) is 0 Å². The van der Waals surface area contributed by atoms with Gasteiger partial charge in [0.2, 0.25) is 0 Å². The maximum Gasteiger partial charge on any atom is 0.121 e. The number of rotatable bonds is 10. The molecule has 2 N–H and O–H groups in total. The Hall–Kier alpha value is -5.56. The van der Waals surface area contributed by atoms with E-state index in [-0.39, 0.29) is 11.5 Å². The van der Waals surface area contributed by atoms with Gasteiger partial charge in [-0.25, -0.2) is 0 Å². The molecular weight excluding hydrogens is 645 g/mol. The van der Waals surface area contributed by atoms with Crippen LogP contribution in [0.25, 0.3) is 22.3 Å². The minimum absolute atomic E-state index is 0.0377. The number of hydrogen-bond donors (Lipinski definition) is 2. The van der Waals surface area contributed by atoms with E-state index in [9.17, 15) is 20.4 Å². The zero-order valence-electron chi connectivity index (χ0n) is 30.0. The van der Waals surface area contributed by atoms with Crippen LogP contribution in [0.4, 0.5) is 22.7 Å². The topological polar surface area (TPSA) is 93.1 Å². The number of nitrogens with zero attached hydrogens (tertiary/aromatic N) is 2. The monoisotopic (exact) mass is 688 g/mol. The van der Waals surface area contributed by atoms with Crippen molar-refractivity contribution in [3.63, 3.8) is 0 Å². The fourth-order valence-corrected chi connectivity index (χ4v) is 7.64. The van der Waals surface area contributed by atoms with Gasteiger partial charge in [0.1, 0.15) is 11.5 Å². The van der Waals surface area contributed by atoms with Crippen LogP contribution < -0.4 is 20.0 Å². The molecule has 0 spiro atoms. The predicted octanol–water partition coefficient (Wildman–Crippen LogP) is 8.70. The Morgan fingerprint density at radius 2 is 0.923 bits per heavy atom. The fourth-order valence-electron chi connectivity index (χ4n) is 7.64. The predicted molar refractivity (Wildman–Crippen MR) is 208 cm³/mol. The second kappa shape index (κ2) is 14.6. The number of benzene rings is 6. The summed E-state index contributed by atoms with van der Waals surface area (Å²) in [6, 6.07) is 43.7. The first-order valence-electron chi connectivity index (χ1n) is 18.0. The van der Waals surface area contributed by atoms with Gasteiger partial charge in [-0.3, -0.25) is 0 Å². The number of aryl methyl sites for hydroxylation is 2. The highest BCUT2D eigenvalue weighted by Gasteiger charge is 2.41. The van der Waals surface area contributed by atoms with Crippen molar-refractivity contribution in [3.05, 3.63) is 156 Å². The van der Waals surface area contributed by atoms with Crippen molar-refractivity contribution >= 4 is 22.7 Å². The lowest BCUT2D eigenvalue weighted by Crippen LogP contribution is -2.63. The zero-order valence-corrected chi connectivity index (χ0v) is 30.0. The number of phenolic OH excluding ortho intramolecular Hbond substituents is 2. The first-order chi connectivity index (χ1) is 25.2. The molecule has 0 aromatic heterocycles. The van der Waals surface area contributed by atoms with Crippen molar-refractivity contribution in [2.45, 2.75) is 51.7 Å². The Balaban J connectivity index is 1.29. The van der Waals surface area contributed by atoms with Crippen molar-refractivity contribution < 1.29 is 20.4 Å². The molecular formula is C46H44N2O4-2. The number of anilines is 4. The Morgan fingerprint density at radius 1 is 0.519 bits per heavy atom. The summed E-state index contributed by atoms with van der Waals surface area (Å²) in [5.41, 5.74) is 10.5. The highest BCUT2D eigenvalue weighted by atomic mass is 16.3. The average Bonchev–Trinajstić information content (AvgIpc) is 3.15. The van der Waals surface area contributed by atoms with Gasteiger partial charge < -0.3 is 30.2 Å². The molecule has 1 saturated carbocycles. The van der Waals surface area contributed by atoms with Gasteiger partial charge in [0.15, 0.2) is 0 Å². The first kappa shape index (κ1) is 34.9. The van der Waals surface area contributed by atoms with Crippen LogP contribution in [-0.4, -0.2) is 35.5 Å². The molecule has 1 fully saturated rings. The molecule has 1 aliphatic carbocycles. The molecule has 0 bridgehead atoms. The molecule has 264 valence electrons. The lowest BCUT2D eigenvalue weighted by molar-refractivity contribution is -0.536. The number of phenols is 2. The van der Waals surface area contributed by atoms with E-state index >= 15 is 0 Å². The summed E-state index contributed by atoms with van der Waals surface area (Å²) in [5.74, 6) is -2.00. The fraction of sp³-hybridized carbons (Fsp3) is 0.217. The molecule has 0 aliphatic heterocycles. The maximum atomic E-state index is 13.8. The van der Waals surface area contributed by atoms with Gasteiger partial charge >= 0.3 is 0 Å². The van der Waals surface area contributed by atoms with E-state index in [1.807, 2.05) is 50.2 Å². The molecule has 52 heavy (non-hydrogen) atoms. The van der Waals surface area contributed by atoms with Crippen LogP contribution in [0, 0.1) is 13.8 Å². The van der Waals surface area contributed by atoms with E-state index in [0.29, 0.717) is 16.8 Å². The summed E-state index contributed by atoms with van der Waals surface area (Å²) < 4.78 is 0. The van der Waals surface area contributed by atoms with Crippen LogP contribution in [0.3, 0.4) is 0 Å². The van der Waals surface area contributed by atoms with Gasteiger partial charge in [-0.05, 0) is 86.1 Å². The molecule has 2 unspecified atom stereocenters. The molecule has 6 aromatic rings. The maximum absolute atomic E-state index is 13.8. The molecule has 2 atom stereocenters. The molecule has 6 nitrogen and oxygen atoms in total. The lowest BCUT2D eigenvalue weighted by Gasteiger charge is -2.61. The Kier molecular flexibility index (Phi) is 9.78. The van der Waals surface area contributed by atoms with Crippen LogP contribution in [0.5, 0.6) is 11.5 Å². The normalized spacial score (nSPS) is 18.1. The van der Waals surface area contributed by atoms with Crippen molar-refractivity contribution in [2.75, 3.05) is 22.9 Å². The molecule has 0 saturated heterocycles. The Morgan fingerprint density at radius 3 is 1.35 bits per heavy atom. The van der Waals surface area contributed by atoms with Crippen LogP contribution >= 0.6 is 0 Å². The standard InChI is InChI=1S/C46H44N2O4/c1-5-47(6-2)33-23-25-37(41(49)27-33)43-45(51)44(46(43)52)38-26-24-34(28-42(38)50)48(39-13-9-7-11-35(39)31-19-15-29(3)16-20-31)40-14-10-8-12-36(40)32-21-17-30(4)18-22-32/h7-28,43-46,49-50H,5-6H2,1-4H3/q-2. The third-order valence-corrected chi connectivity index (χ3v) is 10.6. The van der Waals surface area contributed by atoms with Gasteiger partial charge in [-0.15, -0.1) is 12.2 Å². The minimum atomic E-state index is -1.31. The molecule has 0 radical (unpaired) electrons. The Labute approximate surface area is 306 Å². The highest BCUT2D eigenvalue weighted by Crippen LogP contribution is 2.52. The summed E-state index contributed by atoms with van der Waals surface area (Å²) in [5, 5.41) is 50.1. The molecule has 0 amide bonds. The summed E-state index contributed by atoms with van der Waals surface area (Å²) in [6.45, 7) is 9.76. The molecule has 1 aliphatic rings. The van der Waals surface area contributed by atoms with Crippen molar-refractivity contribution in [1.82, 2.24) is 0 Å². The summed E-state index contributed by atoms with van der Waals surface area (Å²) in [4.78, 5) is 4.23. The largest absolute Gasteiger partial charge is 0.851 e. The number of para-hydroxylation sites is 2. The van der Waals surface area contributed by atoms with Gasteiger partial charge in [-0.2, -0.15) is 0 Å². The van der Waals surface area contributed by atoms with E-state index in [2.05, 4.69) is 96.4 Å². The van der Waals surface area contributed by atoms with Gasteiger partial charge in [-0.1, -0.05) is 108 Å². The van der Waals surface area contributed by atoms with Crippen LogP contribution in [0.15, 0.2) is 133 Å². The third kappa shape index (κ3) is 6.40. The lowest BCUT2D eigenvalue weighted by atomic mass is 9.63. The highest BCUT2D eigenvalue weighted by molar-refractivity contribution is 5.93. The van der Waals surface area contributed by atoms with Gasteiger partial charge in [0, 0.05) is 47.7 Å². The number of hydrogen-bond acceptors (Lipinski definition) is 6. The smallest absolute Gasteiger partial charge is 0.121 e. The summed E-state index contributed by atoms with van der Waals surface area (Å²) in [7, 11) is 0. The van der Waals surface area contributed by atoms with Gasteiger partial charge in [0.05, 0.1) is 11.4 Å². The molecule has 6 aromatic carbocycles. The summed E-state index contributed by atoms with van der Waals surface area (Å²) >= 11 is 0. The third-order valence-electron chi connectivity index (χ3n) is 10.6. The SMILES string of the molecule is CCN(CC)c1ccc(C2C([O-])C(c3ccc(N(c4ccccc4-c4ccc(C)cc4)c4ccccc4-c4ccc(C)cc4)cc3O)C2[O-])c(O)c1. The van der Waals surface area contributed by atoms with Crippen LogP contribution in [0.1, 0.15) is 47.9 Å². The minimum Gasteiger partial charge on any atom is -0.851 e. The second-order valence-corrected chi connectivity index (χ2v) is 13.7. The average molecular weight is 689 g/mol. The van der Waals surface area contributed by atoms with Crippen molar-refractivity contribution in [2.24, 2.45) is 0 Å². The number of aromatic hydroxyl groups is 2. The van der Waals surface area contributed by atoms with E-state index < -0.39 is 24.0 Å². The quantitative estimate of drug-likeness (QED) is 0.150.